The number of alkyl halides is 6. The van der Waals surface area contributed by atoms with E-state index in [1.165, 1.54) is 31.7 Å². The van der Waals surface area contributed by atoms with E-state index in [1.807, 2.05) is 0 Å². The Morgan fingerprint density at radius 1 is 0.947 bits per heavy atom. The Labute approximate surface area is 221 Å². The summed E-state index contributed by atoms with van der Waals surface area (Å²) >= 11 is 5.72. The third kappa shape index (κ3) is 7.80. The fourth-order valence-electron chi connectivity index (χ4n) is 3.51. The molecule has 3 aromatic rings. The van der Waals surface area contributed by atoms with Gasteiger partial charge in [-0.2, -0.15) is 31.4 Å². The first-order valence-corrected chi connectivity index (χ1v) is 12.2. The Kier molecular flexibility index (Phi) is 10.9. The van der Waals surface area contributed by atoms with E-state index in [2.05, 4.69) is 18.9 Å². The predicted molar refractivity (Wildman–Crippen MR) is 133 cm³/mol. The highest BCUT2D eigenvalue weighted by molar-refractivity contribution is 6.31. The second kappa shape index (κ2) is 13.2. The summed E-state index contributed by atoms with van der Waals surface area (Å²) in [5.74, 6) is -0.547. The molecular weight excluding hydrogens is 538 g/mol. The van der Waals surface area contributed by atoms with Gasteiger partial charge in [0, 0.05) is 19.2 Å². The van der Waals surface area contributed by atoms with Gasteiger partial charge in [-0.05, 0) is 55.2 Å². The number of hydrogen-bond donors (Lipinski definition) is 2. The minimum atomic E-state index is -4.78. The number of phenolic OH excluding ortho intramolecular Hbond substituents is 1. The van der Waals surface area contributed by atoms with Gasteiger partial charge in [0.05, 0.1) is 28.5 Å². The summed E-state index contributed by atoms with van der Waals surface area (Å²) < 4.78 is 86.4. The molecule has 3 rings (SSSR count). The predicted octanol–water partition coefficient (Wildman–Crippen LogP) is 8.11. The summed E-state index contributed by atoms with van der Waals surface area (Å²) in [7, 11) is 1.25. The van der Waals surface area contributed by atoms with Crippen LogP contribution >= 0.6 is 11.6 Å². The molecule has 1 heterocycles. The van der Waals surface area contributed by atoms with Crippen molar-refractivity contribution < 1.29 is 41.3 Å². The van der Waals surface area contributed by atoms with Crippen LogP contribution in [0.15, 0.2) is 36.4 Å². The molecule has 2 aromatic carbocycles. The average Bonchev–Trinajstić information content (AvgIpc) is 3.21. The number of aliphatic hydroxyl groups is 1. The van der Waals surface area contributed by atoms with Gasteiger partial charge in [0.2, 0.25) is 0 Å². The van der Waals surface area contributed by atoms with Crippen molar-refractivity contribution in [3.63, 3.8) is 0 Å². The SMILES string of the molecule is CCC.Cn1nc(C(F)(F)F)cc1-c1ccc(OCCCCCO)c(-c2ccc(Cl)c(C(F)(F)F)c2)c1O. The Morgan fingerprint density at radius 2 is 1.61 bits per heavy atom. The van der Waals surface area contributed by atoms with Crippen LogP contribution in [0.3, 0.4) is 0 Å². The number of rotatable bonds is 8. The lowest BCUT2D eigenvalue weighted by Gasteiger charge is -2.18. The smallest absolute Gasteiger partial charge is 0.435 e. The molecule has 0 radical (unpaired) electrons. The molecule has 38 heavy (non-hydrogen) atoms. The standard InChI is InChI=1S/C23H21ClF6N2O3.C3H8/c1-32-17(12-19(31-32)23(28,29)30)14-6-8-18(35-10-4-2-3-9-33)20(21(14)34)13-5-7-16(24)15(11-13)22(25,26)27;1-3-2/h5-8,11-12,33-34H,2-4,9-10H2,1H3;3H2,1-2H3. The van der Waals surface area contributed by atoms with Crippen LogP contribution in [-0.4, -0.2) is 33.2 Å². The van der Waals surface area contributed by atoms with Gasteiger partial charge >= 0.3 is 12.4 Å². The highest BCUT2D eigenvalue weighted by Gasteiger charge is 2.36. The van der Waals surface area contributed by atoms with E-state index < -0.39 is 34.4 Å². The molecule has 210 valence electrons. The molecule has 12 heteroatoms. The minimum Gasteiger partial charge on any atom is -0.506 e. The molecule has 0 unspecified atom stereocenters. The number of aromatic nitrogens is 2. The zero-order chi connectivity index (χ0) is 28.7. The fraction of sp³-hybridized carbons (Fsp3) is 0.423. The molecular formula is C26H29ClF6N2O3. The molecule has 1 aromatic heterocycles. The van der Waals surface area contributed by atoms with E-state index in [1.54, 1.807) is 0 Å². The lowest BCUT2D eigenvalue weighted by molar-refractivity contribution is -0.141. The van der Waals surface area contributed by atoms with Crippen LogP contribution in [0.1, 0.15) is 50.8 Å². The topological polar surface area (TPSA) is 67.5 Å². The molecule has 0 aliphatic rings. The molecule has 0 saturated carbocycles. The maximum atomic E-state index is 13.5. The van der Waals surface area contributed by atoms with Crippen molar-refractivity contribution in [3.8, 4) is 33.9 Å². The van der Waals surface area contributed by atoms with Crippen molar-refractivity contribution in [3.05, 3.63) is 52.7 Å². The minimum absolute atomic E-state index is 0.00363. The average molecular weight is 567 g/mol. The first-order valence-electron chi connectivity index (χ1n) is 11.8. The zero-order valence-corrected chi connectivity index (χ0v) is 21.8. The third-order valence-corrected chi connectivity index (χ3v) is 5.54. The van der Waals surface area contributed by atoms with Crippen LogP contribution in [0.2, 0.25) is 5.02 Å². The number of halogens is 7. The first kappa shape index (κ1) is 31.3. The first-order chi connectivity index (χ1) is 17.8. The van der Waals surface area contributed by atoms with Crippen LogP contribution in [0.4, 0.5) is 26.3 Å². The van der Waals surface area contributed by atoms with Crippen molar-refractivity contribution in [1.82, 2.24) is 9.78 Å². The Hall–Kier alpha value is -2.92. The normalized spacial score (nSPS) is 11.8. The van der Waals surface area contributed by atoms with E-state index >= 15 is 0 Å². The molecule has 0 atom stereocenters. The Balaban J connectivity index is 0.00000161. The van der Waals surface area contributed by atoms with E-state index in [0.29, 0.717) is 19.3 Å². The lowest BCUT2D eigenvalue weighted by atomic mass is 9.97. The van der Waals surface area contributed by atoms with Gasteiger partial charge in [-0.15, -0.1) is 0 Å². The summed E-state index contributed by atoms with van der Waals surface area (Å²) in [6.07, 6.45) is -6.58. The molecule has 0 saturated heterocycles. The number of nitrogens with zero attached hydrogens (tertiary/aromatic N) is 2. The number of benzene rings is 2. The summed E-state index contributed by atoms with van der Waals surface area (Å²) in [6.45, 7) is 4.38. The van der Waals surface area contributed by atoms with E-state index in [0.717, 1.165) is 22.9 Å². The van der Waals surface area contributed by atoms with Gasteiger partial charge in [0.15, 0.2) is 5.69 Å². The fourth-order valence-corrected chi connectivity index (χ4v) is 3.73. The number of aliphatic hydroxyl groups excluding tert-OH is 1. The van der Waals surface area contributed by atoms with Crippen molar-refractivity contribution >= 4 is 11.6 Å². The Bertz CT molecular complexity index is 1210. The molecule has 0 spiro atoms. The van der Waals surface area contributed by atoms with E-state index in [-0.39, 0.29) is 41.3 Å². The van der Waals surface area contributed by atoms with Crippen LogP contribution in [0.5, 0.6) is 11.5 Å². The third-order valence-electron chi connectivity index (χ3n) is 5.21. The van der Waals surface area contributed by atoms with Crippen molar-refractivity contribution in [2.45, 2.75) is 51.9 Å². The highest BCUT2D eigenvalue weighted by atomic mass is 35.5. The summed E-state index contributed by atoms with van der Waals surface area (Å²) in [5, 5.41) is 22.8. The number of aromatic hydroxyl groups is 1. The largest absolute Gasteiger partial charge is 0.506 e. The molecule has 0 bridgehead atoms. The molecule has 0 fully saturated rings. The lowest BCUT2D eigenvalue weighted by Crippen LogP contribution is -2.06. The molecule has 0 aliphatic carbocycles. The second-order valence-corrected chi connectivity index (χ2v) is 8.81. The van der Waals surface area contributed by atoms with Crippen LogP contribution in [0, 0.1) is 0 Å². The number of hydrogen-bond acceptors (Lipinski definition) is 4. The summed E-state index contributed by atoms with van der Waals surface area (Å²) in [5.41, 5.74) is -2.75. The molecule has 5 nitrogen and oxygen atoms in total. The van der Waals surface area contributed by atoms with Gasteiger partial charge in [-0.1, -0.05) is 37.9 Å². The summed E-state index contributed by atoms with van der Waals surface area (Å²) in [6, 6.07) is 6.40. The van der Waals surface area contributed by atoms with Gasteiger partial charge in [0.1, 0.15) is 11.5 Å². The van der Waals surface area contributed by atoms with Crippen LogP contribution in [-0.2, 0) is 19.4 Å². The zero-order valence-electron chi connectivity index (χ0n) is 21.0. The van der Waals surface area contributed by atoms with Gasteiger partial charge in [0.25, 0.3) is 0 Å². The van der Waals surface area contributed by atoms with Gasteiger partial charge in [-0.3, -0.25) is 4.68 Å². The van der Waals surface area contributed by atoms with E-state index in [4.69, 9.17) is 21.4 Å². The monoisotopic (exact) mass is 566 g/mol. The number of ether oxygens (including phenoxy) is 1. The second-order valence-electron chi connectivity index (χ2n) is 8.40. The van der Waals surface area contributed by atoms with Crippen molar-refractivity contribution in [2.75, 3.05) is 13.2 Å². The van der Waals surface area contributed by atoms with Crippen molar-refractivity contribution in [1.29, 1.82) is 0 Å². The molecule has 2 N–H and O–H groups in total. The Morgan fingerprint density at radius 3 is 2.16 bits per heavy atom. The number of aryl methyl sites for hydroxylation is 1. The van der Waals surface area contributed by atoms with Gasteiger partial charge in [-0.25, -0.2) is 0 Å². The number of unbranched alkanes of at least 4 members (excludes halogenated alkanes) is 2. The number of phenols is 1. The quantitative estimate of drug-likeness (QED) is 0.213. The van der Waals surface area contributed by atoms with Crippen LogP contribution in [0.25, 0.3) is 22.4 Å². The van der Waals surface area contributed by atoms with E-state index in [9.17, 15) is 31.4 Å². The molecule has 0 aliphatic heterocycles. The van der Waals surface area contributed by atoms with Gasteiger partial charge < -0.3 is 14.9 Å². The maximum Gasteiger partial charge on any atom is 0.435 e. The van der Waals surface area contributed by atoms with Crippen LogP contribution < -0.4 is 4.74 Å². The maximum absolute atomic E-state index is 13.5. The summed E-state index contributed by atoms with van der Waals surface area (Å²) in [4.78, 5) is 0. The molecule has 0 amide bonds. The van der Waals surface area contributed by atoms with Crippen molar-refractivity contribution in [2.24, 2.45) is 7.05 Å². The highest BCUT2D eigenvalue weighted by Crippen LogP contribution is 2.47.